The number of carbonyl (C=O) groups is 2. The standard InChI is InChI=1S/C14H18ClN3O3/c1-21-13(19)9-17-4-6-18(7-5-17)14(20)11-3-2-10(16)8-12(11)15/h2-3,8H,4-7,9,16H2,1H3. The third-order valence-electron chi connectivity index (χ3n) is 3.46. The minimum absolute atomic E-state index is 0.113. The van der Waals surface area contributed by atoms with E-state index in [9.17, 15) is 9.59 Å². The van der Waals surface area contributed by atoms with Gasteiger partial charge in [0.05, 0.1) is 24.2 Å². The summed E-state index contributed by atoms with van der Waals surface area (Å²) in [6, 6.07) is 4.87. The number of hydrogen-bond acceptors (Lipinski definition) is 5. The Kier molecular flexibility index (Phi) is 5.03. The van der Waals surface area contributed by atoms with Gasteiger partial charge in [-0.05, 0) is 18.2 Å². The van der Waals surface area contributed by atoms with Crippen molar-refractivity contribution in [2.24, 2.45) is 0 Å². The van der Waals surface area contributed by atoms with E-state index in [1.54, 1.807) is 23.1 Å². The molecule has 114 valence electrons. The van der Waals surface area contributed by atoms with Crippen molar-refractivity contribution in [1.82, 2.24) is 9.80 Å². The molecule has 0 saturated carbocycles. The van der Waals surface area contributed by atoms with Gasteiger partial charge in [-0.3, -0.25) is 14.5 Å². The second kappa shape index (κ2) is 6.78. The van der Waals surface area contributed by atoms with E-state index in [1.165, 1.54) is 7.11 Å². The van der Waals surface area contributed by atoms with Crippen molar-refractivity contribution in [3.63, 3.8) is 0 Å². The highest BCUT2D eigenvalue weighted by atomic mass is 35.5. The van der Waals surface area contributed by atoms with Crippen LogP contribution in [0.1, 0.15) is 10.4 Å². The van der Waals surface area contributed by atoms with Gasteiger partial charge in [-0.25, -0.2) is 0 Å². The number of benzene rings is 1. The average Bonchev–Trinajstić information content (AvgIpc) is 2.47. The van der Waals surface area contributed by atoms with E-state index >= 15 is 0 Å². The van der Waals surface area contributed by atoms with Gasteiger partial charge in [-0.1, -0.05) is 11.6 Å². The van der Waals surface area contributed by atoms with Gasteiger partial charge >= 0.3 is 5.97 Å². The Morgan fingerprint density at radius 3 is 2.52 bits per heavy atom. The molecule has 1 aliphatic heterocycles. The first-order valence-electron chi connectivity index (χ1n) is 6.64. The second-order valence-electron chi connectivity index (χ2n) is 4.88. The molecule has 1 aromatic carbocycles. The molecule has 7 heteroatoms. The fraction of sp³-hybridized carbons (Fsp3) is 0.429. The second-order valence-corrected chi connectivity index (χ2v) is 5.29. The minimum atomic E-state index is -0.267. The summed E-state index contributed by atoms with van der Waals surface area (Å²) in [7, 11) is 1.37. The number of piperazine rings is 1. The van der Waals surface area contributed by atoms with Gasteiger partial charge in [-0.2, -0.15) is 0 Å². The molecule has 2 rings (SSSR count). The van der Waals surface area contributed by atoms with Crippen LogP contribution >= 0.6 is 11.6 Å². The Hall–Kier alpha value is -1.79. The Bertz CT molecular complexity index is 542. The number of amides is 1. The summed E-state index contributed by atoms with van der Waals surface area (Å²) in [5.41, 5.74) is 6.60. The molecule has 2 N–H and O–H groups in total. The molecule has 1 aromatic rings. The number of nitrogens with two attached hydrogens (primary N) is 1. The van der Waals surface area contributed by atoms with Crippen LogP contribution in [-0.4, -0.2) is 61.5 Å². The molecule has 1 amide bonds. The van der Waals surface area contributed by atoms with Gasteiger partial charge in [0.1, 0.15) is 0 Å². The van der Waals surface area contributed by atoms with E-state index in [0.29, 0.717) is 42.5 Å². The zero-order chi connectivity index (χ0) is 15.4. The van der Waals surface area contributed by atoms with Crippen LogP contribution in [0.25, 0.3) is 0 Å². The van der Waals surface area contributed by atoms with Crippen molar-refractivity contribution < 1.29 is 14.3 Å². The normalized spacial score (nSPS) is 15.8. The van der Waals surface area contributed by atoms with Gasteiger partial charge in [-0.15, -0.1) is 0 Å². The zero-order valence-corrected chi connectivity index (χ0v) is 12.6. The summed E-state index contributed by atoms with van der Waals surface area (Å²) in [5, 5.41) is 0.358. The molecule has 0 radical (unpaired) electrons. The Labute approximate surface area is 128 Å². The highest BCUT2D eigenvalue weighted by Crippen LogP contribution is 2.21. The van der Waals surface area contributed by atoms with Crippen LogP contribution in [0, 0.1) is 0 Å². The number of methoxy groups -OCH3 is 1. The SMILES string of the molecule is COC(=O)CN1CCN(C(=O)c2ccc(N)cc2Cl)CC1. The molecule has 0 atom stereocenters. The van der Waals surface area contributed by atoms with E-state index in [4.69, 9.17) is 17.3 Å². The topological polar surface area (TPSA) is 75.9 Å². The van der Waals surface area contributed by atoms with Crippen molar-refractivity contribution in [1.29, 1.82) is 0 Å². The zero-order valence-electron chi connectivity index (χ0n) is 11.8. The number of rotatable bonds is 3. The molecule has 1 aliphatic rings. The van der Waals surface area contributed by atoms with Crippen LogP contribution in [0.3, 0.4) is 0 Å². The molecule has 0 bridgehead atoms. The molecule has 1 fully saturated rings. The molecule has 1 saturated heterocycles. The molecule has 6 nitrogen and oxygen atoms in total. The summed E-state index contributed by atoms with van der Waals surface area (Å²) >= 11 is 6.06. The van der Waals surface area contributed by atoms with Crippen molar-refractivity contribution in [2.75, 3.05) is 45.6 Å². The summed E-state index contributed by atoms with van der Waals surface area (Å²) in [4.78, 5) is 27.3. The van der Waals surface area contributed by atoms with Gasteiger partial charge in [0.2, 0.25) is 0 Å². The first-order valence-corrected chi connectivity index (χ1v) is 7.02. The molecule has 0 aliphatic carbocycles. The third-order valence-corrected chi connectivity index (χ3v) is 3.78. The van der Waals surface area contributed by atoms with Gasteiger partial charge in [0.25, 0.3) is 5.91 Å². The van der Waals surface area contributed by atoms with Crippen LogP contribution < -0.4 is 5.73 Å². The molecule has 21 heavy (non-hydrogen) atoms. The van der Waals surface area contributed by atoms with Crippen molar-refractivity contribution in [3.05, 3.63) is 28.8 Å². The first-order chi connectivity index (χ1) is 10.0. The van der Waals surface area contributed by atoms with Gasteiger partial charge in [0.15, 0.2) is 0 Å². The molecule has 0 spiro atoms. The van der Waals surface area contributed by atoms with Gasteiger partial charge in [0, 0.05) is 31.9 Å². The van der Waals surface area contributed by atoms with Crippen molar-refractivity contribution in [3.8, 4) is 0 Å². The lowest BCUT2D eigenvalue weighted by Gasteiger charge is -2.34. The lowest BCUT2D eigenvalue weighted by molar-refractivity contribution is -0.142. The minimum Gasteiger partial charge on any atom is -0.468 e. The maximum atomic E-state index is 12.4. The molecule has 0 unspecified atom stereocenters. The maximum Gasteiger partial charge on any atom is 0.319 e. The van der Waals surface area contributed by atoms with Gasteiger partial charge < -0.3 is 15.4 Å². The number of esters is 1. The maximum absolute atomic E-state index is 12.4. The molecular weight excluding hydrogens is 294 g/mol. The fourth-order valence-corrected chi connectivity index (χ4v) is 2.50. The van der Waals surface area contributed by atoms with Crippen LogP contribution in [0.2, 0.25) is 5.02 Å². The number of anilines is 1. The van der Waals surface area contributed by atoms with E-state index < -0.39 is 0 Å². The lowest BCUT2D eigenvalue weighted by atomic mass is 10.1. The van der Waals surface area contributed by atoms with Crippen LogP contribution in [-0.2, 0) is 9.53 Å². The van der Waals surface area contributed by atoms with E-state index in [0.717, 1.165) is 0 Å². The smallest absolute Gasteiger partial charge is 0.319 e. The predicted octanol–water partition coefficient (Wildman–Crippen LogP) is 0.853. The summed E-state index contributed by atoms with van der Waals surface area (Å²) in [6.07, 6.45) is 0. The van der Waals surface area contributed by atoms with Crippen molar-refractivity contribution >= 4 is 29.2 Å². The number of ether oxygens (including phenoxy) is 1. The number of halogens is 1. The highest BCUT2D eigenvalue weighted by molar-refractivity contribution is 6.34. The number of hydrogen-bond donors (Lipinski definition) is 1. The quantitative estimate of drug-likeness (QED) is 0.661. The summed E-state index contributed by atoms with van der Waals surface area (Å²) < 4.78 is 4.63. The average molecular weight is 312 g/mol. The highest BCUT2D eigenvalue weighted by Gasteiger charge is 2.24. The summed E-state index contributed by atoms with van der Waals surface area (Å²) in [6.45, 7) is 2.62. The Balaban J connectivity index is 1.95. The third kappa shape index (κ3) is 3.86. The van der Waals surface area contributed by atoms with Crippen LogP contribution in [0.4, 0.5) is 5.69 Å². The van der Waals surface area contributed by atoms with Crippen molar-refractivity contribution in [2.45, 2.75) is 0 Å². The summed E-state index contributed by atoms with van der Waals surface area (Å²) in [5.74, 6) is -0.380. The Morgan fingerprint density at radius 1 is 1.29 bits per heavy atom. The van der Waals surface area contributed by atoms with E-state index in [2.05, 4.69) is 4.74 Å². The Morgan fingerprint density at radius 2 is 1.95 bits per heavy atom. The first kappa shape index (κ1) is 15.6. The molecular formula is C14H18ClN3O3. The molecule has 0 aromatic heterocycles. The predicted molar refractivity (Wildman–Crippen MR) is 80.2 cm³/mol. The van der Waals surface area contributed by atoms with Crippen LogP contribution in [0.5, 0.6) is 0 Å². The number of nitrogen functional groups attached to an aromatic ring is 1. The molecule has 1 heterocycles. The number of nitrogens with zero attached hydrogens (tertiary/aromatic N) is 2. The monoisotopic (exact) mass is 311 g/mol. The largest absolute Gasteiger partial charge is 0.468 e. The van der Waals surface area contributed by atoms with E-state index in [-0.39, 0.29) is 18.4 Å². The number of carbonyl (C=O) groups excluding carboxylic acids is 2. The van der Waals surface area contributed by atoms with Crippen LogP contribution in [0.15, 0.2) is 18.2 Å². The fourth-order valence-electron chi connectivity index (χ4n) is 2.23. The van der Waals surface area contributed by atoms with E-state index in [1.807, 2.05) is 4.90 Å². The lowest BCUT2D eigenvalue weighted by Crippen LogP contribution is -2.50.